The van der Waals surface area contributed by atoms with Crippen LogP contribution in [0.2, 0.25) is 10.0 Å². The number of likely N-dealkylation sites (tertiary alicyclic amines) is 1. The molecule has 8 nitrogen and oxygen atoms in total. The summed E-state index contributed by atoms with van der Waals surface area (Å²) in [4.78, 5) is 36.6. The number of piperazine rings is 1. The fraction of sp³-hybridized carbons (Fsp3) is 0.393. The Balaban J connectivity index is 1.56. The van der Waals surface area contributed by atoms with Crippen molar-refractivity contribution >= 4 is 45.8 Å². The van der Waals surface area contributed by atoms with Crippen LogP contribution in [-0.2, 0) is 4.79 Å². The molecule has 204 valence electrons. The van der Waals surface area contributed by atoms with Gasteiger partial charge in [0.2, 0.25) is 5.91 Å². The maximum absolute atomic E-state index is 15.1. The number of aromatic nitrogens is 2. The number of hydrogen-bond donors (Lipinski definition) is 0. The van der Waals surface area contributed by atoms with E-state index in [1.165, 1.54) is 24.3 Å². The Bertz CT molecular complexity index is 1560. The molecule has 0 aliphatic carbocycles. The molecule has 1 amide bonds. The lowest BCUT2D eigenvalue weighted by molar-refractivity contribution is -0.126. The molecule has 1 unspecified atom stereocenters. The van der Waals surface area contributed by atoms with Crippen LogP contribution in [-0.4, -0.2) is 77.2 Å². The minimum Gasteiger partial charge on any atom is -0.488 e. The van der Waals surface area contributed by atoms with E-state index in [1.807, 2.05) is 11.8 Å². The van der Waals surface area contributed by atoms with Crippen LogP contribution in [0, 0.1) is 5.82 Å². The number of carbonyl (C=O) groups is 1. The lowest BCUT2D eigenvalue weighted by Crippen LogP contribution is -2.54. The number of anilines is 1. The summed E-state index contributed by atoms with van der Waals surface area (Å²) >= 11 is 13.1. The van der Waals surface area contributed by atoms with Gasteiger partial charge in [0.25, 0.3) is 0 Å². The number of amides is 1. The van der Waals surface area contributed by atoms with E-state index in [9.17, 15) is 9.59 Å². The van der Waals surface area contributed by atoms with Gasteiger partial charge < -0.3 is 19.4 Å². The Labute approximate surface area is 235 Å². The molecule has 6 rings (SSSR count). The summed E-state index contributed by atoms with van der Waals surface area (Å²) in [5.41, 5.74) is 0.695. The molecule has 2 aromatic carbocycles. The smallest absolute Gasteiger partial charge is 0.350 e. The van der Waals surface area contributed by atoms with Crippen LogP contribution < -0.4 is 15.3 Å². The Hall–Kier alpha value is -3.14. The highest BCUT2D eigenvalue weighted by atomic mass is 35.5. The van der Waals surface area contributed by atoms with Crippen LogP contribution in [0.3, 0.4) is 0 Å². The lowest BCUT2D eigenvalue weighted by atomic mass is 9.99. The predicted molar refractivity (Wildman–Crippen MR) is 151 cm³/mol. The third-order valence-corrected chi connectivity index (χ3v) is 8.42. The first kappa shape index (κ1) is 26.1. The number of ether oxygens (including phenoxy) is 1. The molecule has 2 atom stereocenters. The van der Waals surface area contributed by atoms with Crippen LogP contribution in [0.15, 0.2) is 41.7 Å². The number of carbonyl (C=O) groups excluding carboxylic acids is 1. The molecular formula is C28H28Cl2FN5O3. The summed E-state index contributed by atoms with van der Waals surface area (Å²) < 4.78 is 23.1. The quantitative estimate of drug-likeness (QED) is 0.423. The van der Waals surface area contributed by atoms with Crippen LogP contribution >= 0.6 is 23.2 Å². The summed E-state index contributed by atoms with van der Waals surface area (Å²) in [6.07, 6.45) is 2.43. The molecule has 4 heterocycles. The zero-order chi connectivity index (χ0) is 27.4. The highest BCUT2D eigenvalue weighted by Gasteiger charge is 2.35. The third kappa shape index (κ3) is 4.46. The summed E-state index contributed by atoms with van der Waals surface area (Å²) in [6, 6.07) is 5.63. The Morgan fingerprint density at radius 3 is 2.72 bits per heavy atom. The minimum absolute atomic E-state index is 0.124. The number of halogens is 3. The minimum atomic E-state index is -0.497. The molecule has 0 saturated carbocycles. The van der Waals surface area contributed by atoms with E-state index < -0.39 is 11.5 Å². The average Bonchev–Trinajstić information content (AvgIpc) is 2.89. The Morgan fingerprint density at radius 1 is 1.23 bits per heavy atom. The van der Waals surface area contributed by atoms with Gasteiger partial charge in [-0.3, -0.25) is 9.36 Å². The monoisotopic (exact) mass is 571 g/mol. The molecular weight excluding hydrogens is 544 g/mol. The molecule has 2 fully saturated rings. The van der Waals surface area contributed by atoms with Crippen molar-refractivity contribution in [2.45, 2.75) is 25.4 Å². The van der Waals surface area contributed by atoms with Crippen molar-refractivity contribution in [2.24, 2.45) is 0 Å². The van der Waals surface area contributed by atoms with E-state index in [-0.39, 0.29) is 35.2 Å². The van der Waals surface area contributed by atoms with E-state index in [4.69, 9.17) is 27.9 Å². The van der Waals surface area contributed by atoms with E-state index in [1.54, 1.807) is 15.5 Å². The van der Waals surface area contributed by atoms with Gasteiger partial charge >= 0.3 is 5.69 Å². The molecule has 39 heavy (non-hydrogen) atoms. The van der Waals surface area contributed by atoms with E-state index >= 15 is 4.39 Å². The van der Waals surface area contributed by atoms with Crippen molar-refractivity contribution in [3.63, 3.8) is 0 Å². The van der Waals surface area contributed by atoms with E-state index in [0.717, 1.165) is 19.5 Å². The standard InChI is InChI=1S/C28H28Cl2FN5O3/c1-3-23(37)34-9-10-35(16(2)13-34)27-20-12-21(30)24(19-11-17(29)5-6-22(19)31)26-25(20)36(28(38)32-27)18(15-39-26)14-33-7-4-8-33/h3,5-6,11-12,16,18H,1,4,7-10,13-15H2,2H3/t16-,18?/m0/s1. The fourth-order valence-corrected chi connectivity index (χ4v) is 6.29. The molecule has 0 bridgehead atoms. The third-order valence-electron chi connectivity index (χ3n) is 7.88. The van der Waals surface area contributed by atoms with Gasteiger partial charge in [0, 0.05) is 53.8 Å². The van der Waals surface area contributed by atoms with Gasteiger partial charge in [0.05, 0.1) is 16.6 Å². The highest BCUT2D eigenvalue weighted by molar-refractivity contribution is 6.35. The van der Waals surface area contributed by atoms with E-state index in [2.05, 4.69) is 16.5 Å². The molecule has 11 heteroatoms. The molecule has 1 aromatic heterocycles. The molecule has 2 saturated heterocycles. The van der Waals surface area contributed by atoms with Crippen LogP contribution in [0.25, 0.3) is 22.0 Å². The highest BCUT2D eigenvalue weighted by Crippen LogP contribution is 2.47. The Kier molecular flexibility index (Phi) is 6.77. The molecule has 0 spiro atoms. The summed E-state index contributed by atoms with van der Waals surface area (Å²) in [7, 11) is 0. The van der Waals surface area contributed by atoms with Gasteiger partial charge in [-0.1, -0.05) is 29.8 Å². The number of rotatable bonds is 5. The summed E-state index contributed by atoms with van der Waals surface area (Å²) in [5.74, 6) is 0.180. The van der Waals surface area contributed by atoms with Crippen molar-refractivity contribution in [3.05, 3.63) is 63.3 Å². The van der Waals surface area contributed by atoms with Gasteiger partial charge in [-0.15, -0.1) is 0 Å². The summed E-state index contributed by atoms with van der Waals surface area (Å²) in [6.45, 7) is 9.78. The molecule has 0 N–H and O–H groups in total. The topological polar surface area (TPSA) is 70.9 Å². The first-order valence-electron chi connectivity index (χ1n) is 13.0. The largest absolute Gasteiger partial charge is 0.488 e. The van der Waals surface area contributed by atoms with Crippen molar-refractivity contribution in [1.29, 1.82) is 0 Å². The second kappa shape index (κ2) is 10.1. The van der Waals surface area contributed by atoms with E-state index in [0.29, 0.717) is 59.2 Å². The molecule has 3 aliphatic rings. The summed E-state index contributed by atoms with van der Waals surface area (Å²) in [5, 5.41) is 1.26. The second-order valence-corrected chi connectivity index (χ2v) is 11.2. The van der Waals surface area contributed by atoms with Crippen molar-refractivity contribution < 1.29 is 13.9 Å². The second-order valence-electron chi connectivity index (χ2n) is 10.3. The first-order valence-corrected chi connectivity index (χ1v) is 13.8. The van der Waals surface area contributed by atoms with Crippen LogP contribution in [0.5, 0.6) is 5.75 Å². The van der Waals surface area contributed by atoms with Crippen LogP contribution in [0.1, 0.15) is 19.4 Å². The van der Waals surface area contributed by atoms with Crippen molar-refractivity contribution in [2.75, 3.05) is 50.8 Å². The lowest BCUT2D eigenvalue weighted by Gasteiger charge is -2.41. The Morgan fingerprint density at radius 2 is 2.03 bits per heavy atom. The van der Waals surface area contributed by atoms with Gasteiger partial charge in [0.1, 0.15) is 18.2 Å². The predicted octanol–water partition coefficient (Wildman–Crippen LogP) is 4.37. The van der Waals surface area contributed by atoms with Gasteiger partial charge in [0.15, 0.2) is 5.75 Å². The molecule has 3 aliphatic heterocycles. The number of benzene rings is 2. The zero-order valence-corrected chi connectivity index (χ0v) is 23.0. The maximum atomic E-state index is 15.1. The van der Waals surface area contributed by atoms with Crippen molar-refractivity contribution in [1.82, 2.24) is 19.4 Å². The zero-order valence-electron chi connectivity index (χ0n) is 21.5. The van der Waals surface area contributed by atoms with Crippen molar-refractivity contribution in [3.8, 4) is 16.9 Å². The maximum Gasteiger partial charge on any atom is 0.350 e. The fourth-order valence-electron chi connectivity index (χ4n) is 5.82. The number of hydrogen-bond acceptors (Lipinski definition) is 6. The van der Waals surface area contributed by atoms with Gasteiger partial charge in [-0.05, 0) is 56.8 Å². The molecule has 0 radical (unpaired) electrons. The SMILES string of the molecule is C=CC(=O)N1CCN(c2nc(=O)n3c4c(c(-c5cc(Cl)ccc5F)c(Cl)cc24)OCC3CN2CCC2)[C@@H](C)C1. The molecule has 3 aromatic rings. The average molecular weight is 572 g/mol. The first-order chi connectivity index (χ1) is 18.8. The number of nitrogens with zero attached hydrogens (tertiary/aromatic N) is 5. The van der Waals surface area contributed by atoms with Gasteiger partial charge in [-0.2, -0.15) is 4.98 Å². The normalized spacial score (nSPS) is 21.0. The van der Waals surface area contributed by atoms with Crippen LogP contribution in [0.4, 0.5) is 10.2 Å². The van der Waals surface area contributed by atoms with Gasteiger partial charge in [-0.25, -0.2) is 9.18 Å².